The highest BCUT2D eigenvalue weighted by molar-refractivity contribution is 6.03. The third-order valence-electron chi connectivity index (χ3n) is 7.15. The molecule has 4 aromatic rings. The minimum absolute atomic E-state index is 0.210. The summed E-state index contributed by atoms with van der Waals surface area (Å²) in [7, 11) is 0. The van der Waals surface area contributed by atoms with Gasteiger partial charge < -0.3 is 30.2 Å². The Kier molecular flexibility index (Phi) is 7.25. The van der Waals surface area contributed by atoms with E-state index >= 15 is 0 Å². The Labute approximate surface area is 221 Å². The minimum Gasteiger partial charge on any atom is -0.378 e. The van der Waals surface area contributed by atoms with E-state index in [1.807, 2.05) is 36.4 Å². The maximum atomic E-state index is 12.9. The number of piperazine rings is 1. The number of nitrogens with zero attached hydrogens (tertiary/aromatic N) is 5. The van der Waals surface area contributed by atoms with Gasteiger partial charge in [0.1, 0.15) is 23.5 Å². The molecule has 0 bridgehead atoms. The van der Waals surface area contributed by atoms with Gasteiger partial charge in [-0.1, -0.05) is 12.1 Å². The summed E-state index contributed by atoms with van der Waals surface area (Å²) >= 11 is 0. The summed E-state index contributed by atoms with van der Waals surface area (Å²) in [5.74, 6) is 0.713. The number of anilines is 2. The van der Waals surface area contributed by atoms with Crippen LogP contribution in [0.1, 0.15) is 16.1 Å². The average Bonchev–Trinajstić information content (AvgIpc) is 3.42. The van der Waals surface area contributed by atoms with Gasteiger partial charge in [0.25, 0.3) is 5.91 Å². The molecule has 2 aliphatic rings. The number of aromatic amines is 1. The Morgan fingerprint density at radius 1 is 0.974 bits per heavy atom. The molecule has 6 rings (SSSR count). The molecule has 3 aromatic heterocycles. The molecule has 2 fully saturated rings. The average molecular weight is 513 g/mol. The largest absolute Gasteiger partial charge is 0.378 e. The number of morpholine rings is 1. The van der Waals surface area contributed by atoms with E-state index < -0.39 is 0 Å². The predicted molar refractivity (Wildman–Crippen MR) is 148 cm³/mol. The fourth-order valence-electron chi connectivity index (χ4n) is 5.01. The van der Waals surface area contributed by atoms with Crippen LogP contribution in [0.25, 0.3) is 22.3 Å². The first-order valence-corrected chi connectivity index (χ1v) is 13.2. The second-order valence-electron chi connectivity index (χ2n) is 9.66. The number of hydrogen-bond donors (Lipinski definition) is 3. The van der Waals surface area contributed by atoms with Crippen molar-refractivity contribution in [1.29, 1.82) is 0 Å². The van der Waals surface area contributed by atoms with Crippen molar-refractivity contribution in [1.82, 2.24) is 30.2 Å². The van der Waals surface area contributed by atoms with Crippen LogP contribution >= 0.6 is 0 Å². The van der Waals surface area contributed by atoms with Crippen LogP contribution in [0.15, 0.2) is 55.0 Å². The molecule has 0 saturated carbocycles. The lowest BCUT2D eigenvalue weighted by molar-refractivity contribution is 0.102. The summed E-state index contributed by atoms with van der Waals surface area (Å²) in [6.07, 6.45) is 4.22. The number of H-pyrrole nitrogens is 1. The summed E-state index contributed by atoms with van der Waals surface area (Å²) in [5.41, 5.74) is 5.02. The van der Waals surface area contributed by atoms with Crippen LogP contribution in [0.4, 0.5) is 11.5 Å². The number of amides is 1. The second-order valence-corrected chi connectivity index (χ2v) is 9.66. The van der Waals surface area contributed by atoms with Crippen LogP contribution in [0.3, 0.4) is 0 Å². The van der Waals surface area contributed by atoms with Gasteiger partial charge in [0, 0.05) is 63.4 Å². The second kappa shape index (κ2) is 11.3. The van der Waals surface area contributed by atoms with Crippen molar-refractivity contribution in [2.75, 3.05) is 69.2 Å². The van der Waals surface area contributed by atoms with Gasteiger partial charge >= 0.3 is 0 Å². The molecule has 0 radical (unpaired) electrons. The first kappa shape index (κ1) is 24.5. The molecule has 38 heavy (non-hydrogen) atoms. The van der Waals surface area contributed by atoms with E-state index in [1.54, 1.807) is 12.5 Å². The van der Waals surface area contributed by atoms with Crippen molar-refractivity contribution < 1.29 is 9.53 Å². The number of hydrogen-bond acceptors (Lipinski definition) is 8. The van der Waals surface area contributed by atoms with Gasteiger partial charge in [0.05, 0.1) is 18.6 Å². The molecule has 196 valence electrons. The van der Waals surface area contributed by atoms with Crippen LogP contribution in [0.5, 0.6) is 0 Å². The van der Waals surface area contributed by atoms with E-state index in [-0.39, 0.29) is 5.91 Å². The molecule has 5 heterocycles. The molecule has 1 aromatic carbocycles. The number of carbonyl (C=O) groups excluding carboxylic acids is 1. The topological polar surface area (TPSA) is 111 Å². The van der Waals surface area contributed by atoms with E-state index in [9.17, 15) is 4.79 Å². The Hall–Kier alpha value is -3.86. The number of carbonyl (C=O) groups is 1. The molecule has 1 amide bonds. The molecule has 10 nitrogen and oxygen atoms in total. The molecule has 2 saturated heterocycles. The van der Waals surface area contributed by atoms with Crippen molar-refractivity contribution >= 4 is 28.4 Å². The fraction of sp³-hybridized carbons (Fsp3) is 0.357. The molecular weight excluding hydrogens is 480 g/mol. The van der Waals surface area contributed by atoms with Gasteiger partial charge in [-0.2, -0.15) is 0 Å². The standard InChI is InChI=1S/C28H32N8O2/c37-28(25-17-20(5-7-30-25)6-10-35-11-8-29-9-12-35)33-22-3-1-21(2-4-22)24-18-23-26(34-24)31-19-32-27(23)36-13-15-38-16-14-36/h1-5,7,17-19,29H,6,8-16H2,(H,33,37)(H,31,32,34). The lowest BCUT2D eigenvalue weighted by atomic mass is 10.1. The maximum Gasteiger partial charge on any atom is 0.274 e. The van der Waals surface area contributed by atoms with Crippen LogP contribution in [-0.4, -0.2) is 89.8 Å². The van der Waals surface area contributed by atoms with Gasteiger partial charge in [-0.25, -0.2) is 9.97 Å². The highest BCUT2D eigenvalue weighted by atomic mass is 16.5. The van der Waals surface area contributed by atoms with Crippen LogP contribution in [-0.2, 0) is 11.2 Å². The van der Waals surface area contributed by atoms with E-state index in [0.29, 0.717) is 18.9 Å². The summed E-state index contributed by atoms with van der Waals surface area (Å²) in [6, 6.07) is 13.7. The van der Waals surface area contributed by atoms with Crippen molar-refractivity contribution in [2.45, 2.75) is 6.42 Å². The number of pyridine rings is 1. The fourth-order valence-corrected chi connectivity index (χ4v) is 5.01. The predicted octanol–water partition coefficient (Wildman–Crippen LogP) is 2.56. The lowest BCUT2D eigenvalue weighted by Crippen LogP contribution is -2.44. The summed E-state index contributed by atoms with van der Waals surface area (Å²) in [6.45, 7) is 8.22. The normalized spacial score (nSPS) is 16.6. The van der Waals surface area contributed by atoms with E-state index in [2.05, 4.69) is 46.4 Å². The summed E-state index contributed by atoms with van der Waals surface area (Å²) in [4.78, 5) is 34.3. The first-order valence-electron chi connectivity index (χ1n) is 13.2. The summed E-state index contributed by atoms with van der Waals surface area (Å²) in [5, 5.41) is 7.34. The van der Waals surface area contributed by atoms with E-state index in [0.717, 1.165) is 91.6 Å². The van der Waals surface area contributed by atoms with Gasteiger partial charge in [-0.15, -0.1) is 0 Å². The number of rotatable bonds is 7. The van der Waals surface area contributed by atoms with Gasteiger partial charge in [0.2, 0.25) is 0 Å². The first-order chi connectivity index (χ1) is 18.7. The highest BCUT2D eigenvalue weighted by Crippen LogP contribution is 2.29. The smallest absolute Gasteiger partial charge is 0.274 e. The zero-order valence-electron chi connectivity index (χ0n) is 21.3. The molecule has 3 N–H and O–H groups in total. The van der Waals surface area contributed by atoms with Gasteiger partial charge in [0.15, 0.2) is 0 Å². The highest BCUT2D eigenvalue weighted by Gasteiger charge is 2.18. The molecule has 10 heteroatoms. The third-order valence-corrected chi connectivity index (χ3v) is 7.15. The van der Waals surface area contributed by atoms with Crippen LogP contribution in [0, 0.1) is 0 Å². The number of aromatic nitrogens is 4. The lowest BCUT2D eigenvalue weighted by Gasteiger charge is -2.27. The van der Waals surface area contributed by atoms with Crippen molar-refractivity contribution in [3.05, 3.63) is 66.2 Å². The van der Waals surface area contributed by atoms with E-state index in [4.69, 9.17) is 4.74 Å². The van der Waals surface area contributed by atoms with E-state index in [1.165, 1.54) is 0 Å². The molecule has 0 spiro atoms. The maximum absolute atomic E-state index is 12.9. The molecule has 0 atom stereocenters. The Morgan fingerprint density at radius 3 is 2.61 bits per heavy atom. The molecule has 2 aliphatic heterocycles. The minimum atomic E-state index is -0.210. The number of nitrogens with one attached hydrogen (secondary N) is 3. The monoisotopic (exact) mass is 512 g/mol. The number of ether oxygens (including phenoxy) is 1. The molecule has 0 unspecified atom stereocenters. The Bertz CT molecular complexity index is 1390. The van der Waals surface area contributed by atoms with Gasteiger partial charge in [-0.05, 0) is 47.9 Å². The third kappa shape index (κ3) is 5.52. The Balaban J connectivity index is 1.12. The zero-order chi connectivity index (χ0) is 25.7. The Morgan fingerprint density at radius 2 is 1.79 bits per heavy atom. The van der Waals surface area contributed by atoms with Crippen molar-refractivity contribution in [3.63, 3.8) is 0 Å². The van der Waals surface area contributed by atoms with Crippen LogP contribution in [0.2, 0.25) is 0 Å². The van der Waals surface area contributed by atoms with Crippen molar-refractivity contribution in [2.24, 2.45) is 0 Å². The summed E-state index contributed by atoms with van der Waals surface area (Å²) < 4.78 is 5.48. The van der Waals surface area contributed by atoms with Crippen LogP contribution < -0.4 is 15.5 Å². The quantitative estimate of drug-likeness (QED) is 0.347. The zero-order valence-corrected chi connectivity index (χ0v) is 21.3. The van der Waals surface area contributed by atoms with Gasteiger partial charge in [-0.3, -0.25) is 9.78 Å². The SMILES string of the molecule is O=C(Nc1ccc(-c2cc3c(N4CCOCC4)ncnc3[nH]2)cc1)c1cc(CCN2CCNCC2)ccn1. The van der Waals surface area contributed by atoms with Crippen molar-refractivity contribution in [3.8, 4) is 11.3 Å². The number of fused-ring (bicyclic) bond motifs is 1. The molecule has 0 aliphatic carbocycles. The molecular formula is C28H32N8O2. The number of benzene rings is 1.